The fourth-order valence-electron chi connectivity index (χ4n) is 13.2. The Hall–Kier alpha value is -2.71. The maximum atomic E-state index is 14.0. The Labute approximate surface area is 317 Å². The number of phenolic OH excluding ortho intramolecular Hbond substituents is 1. The first-order valence-electron chi connectivity index (χ1n) is 20.5. The van der Waals surface area contributed by atoms with E-state index in [9.17, 15) is 29.7 Å². The predicted octanol–water partition coefficient (Wildman–Crippen LogP) is 8.28. The summed E-state index contributed by atoms with van der Waals surface area (Å²) in [6.45, 7) is 20.7. The van der Waals surface area contributed by atoms with Gasteiger partial charge >= 0.3 is 11.9 Å². The van der Waals surface area contributed by atoms with Crippen molar-refractivity contribution >= 4 is 17.7 Å². The van der Waals surface area contributed by atoms with Gasteiger partial charge in [0.1, 0.15) is 11.9 Å². The predicted molar refractivity (Wildman–Crippen MR) is 206 cm³/mol. The molecular weight excluding hydrogens is 666 g/mol. The van der Waals surface area contributed by atoms with Crippen molar-refractivity contribution in [3.05, 3.63) is 41.0 Å². The van der Waals surface area contributed by atoms with Crippen LogP contribution in [0, 0.1) is 56.2 Å². The molecule has 4 saturated carbocycles. The van der Waals surface area contributed by atoms with Crippen LogP contribution >= 0.6 is 0 Å². The molecule has 0 saturated heterocycles. The molecule has 0 radical (unpaired) electrons. The van der Waals surface area contributed by atoms with Crippen LogP contribution in [-0.2, 0) is 25.5 Å². The summed E-state index contributed by atoms with van der Waals surface area (Å²) in [5.74, 6) is 0.267. The molecule has 0 bridgehead atoms. The van der Waals surface area contributed by atoms with Gasteiger partial charge in [-0.15, -0.1) is 0 Å². The van der Waals surface area contributed by atoms with E-state index in [1.54, 1.807) is 26.0 Å². The Kier molecular flexibility index (Phi) is 10.4. The van der Waals surface area contributed by atoms with Crippen molar-refractivity contribution in [2.45, 2.75) is 145 Å². The van der Waals surface area contributed by atoms with Crippen LogP contribution in [0.3, 0.4) is 0 Å². The molecule has 6 rings (SSSR count). The van der Waals surface area contributed by atoms with E-state index in [1.807, 2.05) is 12.1 Å². The highest BCUT2D eigenvalue weighted by Crippen LogP contribution is 2.77. The number of rotatable bonds is 11. The van der Waals surface area contributed by atoms with E-state index in [4.69, 9.17) is 4.74 Å². The summed E-state index contributed by atoms with van der Waals surface area (Å²) < 4.78 is 6.16. The van der Waals surface area contributed by atoms with Crippen molar-refractivity contribution in [3.63, 3.8) is 0 Å². The van der Waals surface area contributed by atoms with Crippen molar-refractivity contribution < 1.29 is 34.4 Å². The topological polar surface area (TPSA) is 133 Å². The molecule has 8 nitrogen and oxygen atoms in total. The molecule has 5 aliphatic carbocycles. The number of hydrogen-bond acceptors (Lipinski definition) is 7. The van der Waals surface area contributed by atoms with Gasteiger partial charge in [0.05, 0.1) is 17.9 Å². The number of aliphatic hydroxyl groups is 1. The van der Waals surface area contributed by atoms with Crippen LogP contribution in [0.25, 0.3) is 0 Å². The average molecular weight is 734 g/mol. The van der Waals surface area contributed by atoms with Gasteiger partial charge in [-0.1, -0.05) is 66.2 Å². The summed E-state index contributed by atoms with van der Waals surface area (Å²) in [6.07, 6.45) is 7.93. The molecule has 8 heteroatoms. The average Bonchev–Trinajstić information content (AvgIpc) is 3.38. The standard InChI is InChI=1S/C45H67NO7/c1-27(2)37-31(48)24-45(34(49)26-46-23-18-28-10-12-29(47)13-11-28)22-21-43(8)30(38(37)45)14-15-33-42(7)19-17-35(53-36(50)25-40(3,4)39(51)52)41(5,6)32(42)16-20-44(33,43)9/h10-13,27,30,32-35,46-47,49H,14-26H2,1-9H3,(H,51,52)/t30-,32+,33-,34?,35+,42+,43-,44-,45?/m1/s1. The highest BCUT2D eigenvalue weighted by Gasteiger charge is 2.70. The van der Waals surface area contributed by atoms with Gasteiger partial charge in [0.2, 0.25) is 0 Å². The monoisotopic (exact) mass is 733 g/mol. The van der Waals surface area contributed by atoms with Crippen molar-refractivity contribution in [2.75, 3.05) is 13.1 Å². The zero-order valence-corrected chi connectivity index (χ0v) is 33.9. The number of carboxylic acids is 1. The zero-order valence-electron chi connectivity index (χ0n) is 33.9. The van der Waals surface area contributed by atoms with Crippen LogP contribution in [0.4, 0.5) is 0 Å². The second kappa shape index (κ2) is 13.8. The number of carbonyl (C=O) groups is 3. The number of hydrogen-bond donors (Lipinski definition) is 4. The first-order valence-corrected chi connectivity index (χ1v) is 20.5. The third-order valence-corrected chi connectivity index (χ3v) is 16.4. The zero-order chi connectivity index (χ0) is 38.9. The van der Waals surface area contributed by atoms with E-state index >= 15 is 0 Å². The summed E-state index contributed by atoms with van der Waals surface area (Å²) >= 11 is 0. The van der Waals surface area contributed by atoms with Gasteiger partial charge in [-0.05, 0) is 141 Å². The number of benzene rings is 1. The van der Waals surface area contributed by atoms with Crippen molar-refractivity contribution in [3.8, 4) is 5.75 Å². The number of allylic oxidation sites excluding steroid dienone is 1. The number of aliphatic hydroxyl groups excluding tert-OH is 1. The van der Waals surface area contributed by atoms with Crippen molar-refractivity contribution in [1.29, 1.82) is 0 Å². The molecule has 0 heterocycles. The number of ether oxygens (including phenoxy) is 1. The number of nitrogens with one attached hydrogen (secondary N) is 1. The summed E-state index contributed by atoms with van der Waals surface area (Å²) in [4.78, 5) is 38.9. The summed E-state index contributed by atoms with van der Waals surface area (Å²) in [5, 5.41) is 34.9. The Bertz CT molecular complexity index is 1630. The van der Waals surface area contributed by atoms with E-state index in [2.05, 4.69) is 53.8 Å². The molecule has 0 aliphatic heterocycles. The van der Waals surface area contributed by atoms with Gasteiger partial charge in [0.15, 0.2) is 5.78 Å². The van der Waals surface area contributed by atoms with E-state index < -0.39 is 28.9 Å². The molecule has 53 heavy (non-hydrogen) atoms. The number of esters is 1. The normalized spacial score (nSPS) is 37.0. The molecule has 0 aromatic heterocycles. The maximum Gasteiger partial charge on any atom is 0.309 e. The highest BCUT2D eigenvalue weighted by atomic mass is 16.5. The van der Waals surface area contributed by atoms with Gasteiger partial charge in [-0.3, -0.25) is 14.4 Å². The van der Waals surface area contributed by atoms with Gasteiger partial charge < -0.3 is 25.4 Å². The largest absolute Gasteiger partial charge is 0.508 e. The molecule has 2 unspecified atom stereocenters. The lowest BCUT2D eigenvalue weighted by Crippen LogP contribution is -2.66. The minimum absolute atomic E-state index is 0.0185. The second-order valence-electron chi connectivity index (χ2n) is 20.2. The van der Waals surface area contributed by atoms with Gasteiger partial charge in [0, 0.05) is 23.8 Å². The Morgan fingerprint density at radius 3 is 2.25 bits per heavy atom. The van der Waals surface area contributed by atoms with E-state index in [-0.39, 0.29) is 57.6 Å². The summed E-state index contributed by atoms with van der Waals surface area (Å²) in [6, 6.07) is 7.26. The molecular formula is C45H67NO7. The molecule has 5 aliphatic rings. The van der Waals surface area contributed by atoms with E-state index in [0.29, 0.717) is 31.3 Å². The van der Waals surface area contributed by atoms with E-state index in [0.717, 1.165) is 68.9 Å². The number of aliphatic carboxylic acids is 1. The number of aromatic hydroxyl groups is 1. The first-order chi connectivity index (χ1) is 24.6. The fourth-order valence-corrected chi connectivity index (χ4v) is 13.2. The summed E-state index contributed by atoms with van der Waals surface area (Å²) in [5.41, 5.74) is 1.54. The first kappa shape index (κ1) is 40.0. The van der Waals surface area contributed by atoms with Crippen LogP contribution < -0.4 is 5.32 Å². The molecule has 294 valence electrons. The molecule has 9 atom stereocenters. The van der Waals surface area contributed by atoms with Crippen LogP contribution in [0.2, 0.25) is 0 Å². The lowest BCUT2D eigenvalue weighted by atomic mass is 9.33. The summed E-state index contributed by atoms with van der Waals surface area (Å²) in [7, 11) is 0. The van der Waals surface area contributed by atoms with Crippen LogP contribution in [0.15, 0.2) is 35.4 Å². The number of fused-ring (bicyclic) bond motifs is 7. The molecule has 0 spiro atoms. The lowest BCUT2D eigenvalue weighted by Gasteiger charge is -2.72. The smallest absolute Gasteiger partial charge is 0.309 e. The van der Waals surface area contributed by atoms with Crippen molar-refractivity contribution in [1.82, 2.24) is 5.32 Å². The Morgan fingerprint density at radius 2 is 1.60 bits per heavy atom. The SMILES string of the molecule is CC(C)C1=C2[C@H]3CC[C@@H]4[C@@]5(C)CC[C@H](OC(=O)CC(C)(C)C(=O)O)C(C)(C)[C@@H]5CC[C@@]4(C)[C@]3(C)CCC2(C(O)CNCCc2ccc(O)cc2)CC1=O. The molecule has 4 N–H and O–H groups in total. The minimum Gasteiger partial charge on any atom is -0.508 e. The maximum absolute atomic E-state index is 14.0. The number of ketones is 1. The van der Waals surface area contributed by atoms with Gasteiger partial charge in [-0.25, -0.2) is 0 Å². The van der Waals surface area contributed by atoms with Crippen molar-refractivity contribution in [2.24, 2.45) is 56.2 Å². The number of Topliss-reactive ketones (excluding diaryl/α,β-unsaturated/α-hetero) is 1. The lowest BCUT2D eigenvalue weighted by molar-refractivity contribution is -0.235. The Balaban J connectivity index is 1.23. The molecule has 1 aromatic carbocycles. The second-order valence-corrected chi connectivity index (χ2v) is 20.2. The molecule has 0 amide bonds. The number of carboxylic acid groups (broad SMARTS) is 1. The van der Waals surface area contributed by atoms with Gasteiger partial charge in [-0.2, -0.15) is 0 Å². The number of carbonyl (C=O) groups excluding carboxylic acids is 2. The highest BCUT2D eigenvalue weighted by molar-refractivity contribution is 6.00. The number of phenols is 1. The minimum atomic E-state index is -1.17. The molecule has 4 fully saturated rings. The van der Waals surface area contributed by atoms with Crippen LogP contribution in [0.1, 0.15) is 132 Å². The third-order valence-electron chi connectivity index (χ3n) is 16.4. The quantitative estimate of drug-likeness (QED) is 0.132. The third kappa shape index (κ3) is 6.39. The Morgan fingerprint density at radius 1 is 0.925 bits per heavy atom. The van der Waals surface area contributed by atoms with E-state index in [1.165, 1.54) is 5.57 Å². The molecule has 1 aromatic rings. The van der Waals surface area contributed by atoms with Crippen LogP contribution in [-0.4, -0.2) is 58.3 Å². The van der Waals surface area contributed by atoms with Crippen LogP contribution in [0.5, 0.6) is 5.75 Å². The van der Waals surface area contributed by atoms with Gasteiger partial charge in [0.25, 0.3) is 0 Å². The fraction of sp³-hybridized carbons (Fsp3) is 0.756.